The number of fused-ring (bicyclic) bond motifs is 1. The van der Waals surface area contributed by atoms with E-state index in [-0.39, 0.29) is 10.3 Å². The van der Waals surface area contributed by atoms with E-state index in [9.17, 15) is 22.8 Å². The summed E-state index contributed by atoms with van der Waals surface area (Å²) in [5.74, 6) is -1.85. The van der Waals surface area contributed by atoms with Crippen LogP contribution in [0.15, 0.2) is 47.5 Å². The van der Waals surface area contributed by atoms with Crippen molar-refractivity contribution in [3.63, 3.8) is 0 Å². The maximum Gasteiger partial charge on any atom is 0.416 e. The second-order valence-electron chi connectivity index (χ2n) is 5.83. The number of amides is 1. The van der Waals surface area contributed by atoms with Crippen molar-refractivity contribution in [2.45, 2.75) is 19.6 Å². The number of carbonyl (C=O) groups excluding carboxylic acids is 1. The fourth-order valence-corrected chi connectivity index (χ4v) is 3.47. The van der Waals surface area contributed by atoms with Crippen molar-refractivity contribution in [1.82, 2.24) is 4.57 Å². The molecule has 3 aromatic rings. The zero-order valence-corrected chi connectivity index (χ0v) is 14.8. The van der Waals surface area contributed by atoms with Gasteiger partial charge >= 0.3 is 12.1 Å². The first-order valence-corrected chi connectivity index (χ1v) is 8.55. The van der Waals surface area contributed by atoms with Crippen LogP contribution in [0.25, 0.3) is 10.2 Å². The predicted molar refractivity (Wildman–Crippen MR) is 93.5 cm³/mol. The van der Waals surface area contributed by atoms with E-state index in [0.29, 0.717) is 10.3 Å². The molecule has 0 unspecified atom stereocenters. The average molecular weight is 394 g/mol. The number of carboxylic acid groups (broad SMARTS) is 1. The first-order valence-electron chi connectivity index (χ1n) is 7.73. The fraction of sp³-hybridized carbons (Fsp3) is 0.167. The number of benzene rings is 2. The molecular formula is C18H13F3N2O3S. The molecule has 0 bridgehead atoms. The topological polar surface area (TPSA) is 71.7 Å². The van der Waals surface area contributed by atoms with Gasteiger partial charge < -0.3 is 9.67 Å². The summed E-state index contributed by atoms with van der Waals surface area (Å²) < 4.78 is 40.4. The Labute approximate surface area is 155 Å². The van der Waals surface area contributed by atoms with Gasteiger partial charge in [0.15, 0.2) is 4.80 Å². The van der Waals surface area contributed by atoms with Gasteiger partial charge in [0.05, 0.1) is 15.8 Å². The van der Waals surface area contributed by atoms with Crippen molar-refractivity contribution in [2.24, 2.45) is 4.99 Å². The normalized spacial score (nSPS) is 12.5. The molecule has 0 saturated carbocycles. The number of carbonyl (C=O) groups is 2. The number of halogens is 3. The molecule has 0 fully saturated rings. The molecule has 0 saturated heterocycles. The molecule has 0 spiro atoms. The first-order chi connectivity index (χ1) is 12.6. The Bertz CT molecular complexity index is 1100. The van der Waals surface area contributed by atoms with Crippen molar-refractivity contribution < 1.29 is 27.9 Å². The molecule has 1 heterocycles. The number of thiazole rings is 1. The second kappa shape index (κ2) is 6.99. The van der Waals surface area contributed by atoms with E-state index in [4.69, 9.17) is 5.11 Å². The average Bonchev–Trinajstić information content (AvgIpc) is 2.91. The Morgan fingerprint density at radius 3 is 2.41 bits per heavy atom. The lowest BCUT2D eigenvalue weighted by Gasteiger charge is -2.07. The third-order valence-corrected chi connectivity index (χ3v) is 4.86. The molecule has 0 aliphatic rings. The smallest absolute Gasteiger partial charge is 0.416 e. The Hall–Kier alpha value is -2.94. The van der Waals surface area contributed by atoms with Crippen LogP contribution < -0.4 is 4.80 Å². The third kappa shape index (κ3) is 4.08. The number of aliphatic carboxylic acids is 1. The van der Waals surface area contributed by atoms with Crippen LogP contribution in [0.5, 0.6) is 0 Å². The fourth-order valence-electron chi connectivity index (χ4n) is 2.47. The SMILES string of the molecule is Cc1ccc(C(=O)N=c2sc3ccc(C(F)(F)F)cc3n2CC(=O)O)cc1. The van der Waals surface area contributed by atoms with E-state index < -0.39 is 30.2 Å². The maximum absolute atomic E-state index is 13.0. The molecule has 0 aliphatic carbocycles. The Balaban J connectivity index is 2.17. The Morgan fingerprint density at radius 2 is 1.81 bits per heavy atom. The van der Waals surface area contributed by atoms with E-state index in [1.165, 1.54) is 6.07 Å². The highest BCUT2D eigenvalue weighted by atomic mass is 32.1. The van der Waals surface area contributed by atoms with Gasteiger partial charge in [-0.3, -0.25) is 9.59 Å². The molecular weight excluding hydrogens is 381 g/mol. The zero-order chi connectivity index (χ0) is 19.8. The molecule has 3 rings (SSSR count). The highest BCUT2D eigenvalue weighted by Crippen LogP contribution is 2.32. The molecule has 9 heteroatoms. The molecule has 27 heavy (non-hydrogen) atoms. The van der Waals surface area contributed by atoms with Gasteiger partial charge in [-0.15, -0.1) is 0 Å². The standard InChI is InChI=1S/C18H13F3N2O3S/c1-10-2-4-11(5-3-10)16(26)22-17-23(9-15(24)25)13-8-12(18(19,20)21)6-7-14(13)27-17/h2-8H,9H2,1H3,(H,24,25). The Morgan fingerprint density at radius 1 is 1.15 bits per heavy atom. The molecule has 2 aromatic carbocycles. The van der Waals surface area contributed by atoms with Gasteiger partial charge in [-0.2, -0.15) is 18.2 Å². The molecule has 140 valence electrons. The van der Waals surface area contributed by atoms with Crippen LogP contribution in [0.4, 0.5) is 13.2 Å². The number of nitrogens with zero attached hydrogens (tertiary/aromatic N) is 2. The van der Waals surface area contributed by atoms with Crippen LogP contribution >= 0.6 is 11.3 Å². The quantitative estimate of drug-likeness (QED) is 0.733. The number of hydrogen-bond donors (Lipinski definition) is 1. The molecule has 5 nitrogen and oxygen atoms in total. The van der Waals surface area contributed by atoms with Crippen molar-refractivity contribution in [1.29, 1.82) is 0 Å². The minimum Gasteiger partial charge on any atom is -0.480 e. The molecule has 0 radical (unpaired) electrons. The number of alkyl halides is 3. The van der Waals surface area contributed by atoms with Crippen molar-refractivity contribution in [3.05, 3.63) is 64.0 Å². The van der Waals surface area contributed by atoms with Crippen molar-refractivity contribution in [2.75, 3.05) is 0 Å². The van der Waals surface area contributed by atoms with Crippen LogP contribution in [0.3, 0.4) is 0 Å². The van der Waals surface area contributed by atoms with Gasteiger partial charge in [0, 0.05) is 5.56 Å². The lowest BCUT2D eigenvalue weighted by Crippen LogP contribution is -2.21. The largest absolute Gasteiger partial charge is 0.480 e. The molecule has 1 amide bonds. The summed E-state index contributed by atoms with van der Waals surface area (Å²) >= 11 is 0.956. The number of rotatable bonds is 3. The van der Waals surface area contributed by atoms with Crippen LogP contribution in [-0.2, 0) is 17.5 Å². The summed E-state index contributed by atoms with van der Waals surface area (Å²) in [4.78, 5) is 27.5. The zero-order valence-electron chi connectivity index (χ0n) is 13.9. The molecule has 1 N–H and O–H groups in total. The van der Waals surface area contributed by atoms with Gasteiger partial charge in [0.25, 0.3) is 5.91 Å². The third-order valence-electron chi connectivity index (χ3n) is 3.80. The maximum atomic E-state index is 13.0. The van der Waals surface area contributed by atoms with E-state index >= 15 is 0 Å². The second-order valence-corrected chi connectivity index (χ2v) is 6.84. The van der Waals surface area contributed by atoms with Crippen molar-refractivity contribution in [3.8, 4) is 0 Å². The van der Waals surface area contributed by atoms with Gasteiger partial charge in [-0.25, -0.2) is 0 Å². The summed E-state index contributed by atoms with van der Waals surface area (Å²) in [7, 11) is 0. The molecule has 0 aliphatic heterocycles. The van der Waals surface area contributed by atoms with Crippen LogP contribution in [0.1, 0.15) is 21.5 Å². The number of hydrogen-bond acceptors (Lipinski definition) is 3. The van der Waals surface area contributed by atoms with E-state index in [2.05, 4.69) is 4.99 Å². The van der Waals surface area contributed by atoms with Gasteiger partial charge in [0.2, 0.25) is 0 Å². The monoisotopic (exact) mass is 394 g/mol. The van der Waals surface area contributed by atoms with E-state index in [0.717, 1.165) is 33.6 Å². The molecule has 0 atom stereocenters. The Kier molecular flexibility index (Phi) is 4.88. The van der Waals surface area contributed by atoms with Crippen molar-refractivity contribution >= 4 is 33.4 Å². The highest BCUT2D eigenvalue weighted by Gasteiger charge is 2.31. The summed E-state index contributed by atoms with van der Waals surface area (Å²) in [6.07, 6.45) is -4.56. The minimum atomic E-state index is -4.56. The van der Waals surface area contributed by atoms with Gasteiger partial charge in [0.1, 0.15) is 6.54 Å². The van der Waals surface area contributed by atoms with Crippen LogP contribution in [0.2, 0.25) is 0 Å². The summed E-state index contributed by atoms with van der Waals surface area (Å²) in [5, 5.41) is 9.12. The summed E-state index contributed by atoms with van der Waals surface area (Å²) in [6.45, 7) is 1.25. The van der Waals surface area contributed by atoms with E-state index in [1.54, 1.807) is 24.3 Å². The van der Waals surface area contributed by atoms with Gasteiger partial charge in [-0.05, 0) is 37.3 Å². The predicted octanol–water partition coefficient (Wildman–Crippen LogP) is 3.86. The first kappa shape index (κ1) is 18.8. The summed E-state index contributed by atoms with van der Waals surface area (Å²) in [5.41, 5.74) is 0.418. The highest BCUT2D eigenvalue weighted by molar-refractivity contribution is 7.16. The van der Waals surface area contributed by atoms with Gasteiger partial charge in [-0.1, -0.05) is 29.0 Å². The number of aromatic nitrogens is 1. The number of carboxylic acids is 1. The lowest BCUT2D eigenvalue weighted by molar-refractivity contribution is -0.138. The minimum absolute atomic E-state index is 0.0253. The number of aryl methyl sites for hydroxylation is 1. The lowest BCUT2D eigenvalue weighted by atomic mass is 10.1. The van der Waals surface area contributed by atoms with E-state index in [1.807, 2.05) is 6.92 Å². The molecule has 1 aromatic heterocycles. The van der Waals surface area contributed by atoms with Crippen LogP contribution in [-0.4, -0.2) is 21.6 Å². The van der Waals surface area contributed by atoms with Crippen LogP contribution in [0, 0.1) is 6.92 Å². The summed E-state index contributed by atoms with van der Waals surface area (Å²) in [6, 6.07) is 9.65.